The maximum Gasteiger partial charge on any atom is 1.00 e. The van der Waals surface area contributed by atoms with Crippen LogP contribution in [-0.4, -0.2) is 83.3 Å². The summed E-state index contributed by atoms with van der Waals surface area (Å²) >= 11 is 1.98. The number of aliphatic hydroxyl groups excluding tert-OH is 2. The number of nitrogens with one attached hydrogen (secondary N) is 1. The molecule has 2 aliphatic carbocycles. The molecule has 174 valence electrons. The summed E-state index contributed by atoms with van der Waals surface area (Å²) in [6, 6.07) is 2.01. The van der Waals surface area contributed by atoms with Crippen LogP contribution in [0.15, 0.2) is 0 Å². The summed E-state index contributed by atoms with van der Waals surface area (Å²) in [6.07, 6.45) is 7.61. The molecular formula is C19H35F2IK2N2O5. The van der Waals surface area contributed by atoms with Gasteiger partial charge in [0.15, 0.2) is 0 Å². The van der Waals surface area contributed by atoms with Crippen molar-refractivity contribution >= 4 is 29.1 Å². The summed E-state index contributed by atoms with van der Waals surface area (Å²) in [5.74, 6) is 1.44. The van der Waals surface area contributed by atoms with Gasteiger partial charge in [0.05, 0.1) is 19.9 Å². The van der Waals surface area contributed by atoms with Gasteiger partial charge < -0.3 is 27.1 Å². The molecule has 2 aliphatic heterocycles. The van der Waals surface area contributed by atoms with Crippen LogP contribution in [0.3, 0.4) is 0 Å². The molecule has 0 amide bonds. The standard InChI is InChI=1S/C9H16FNO.C7H13NO.C2H4FI.CH2O3.2K.H/c10-3-4-11-8-2-1-7(5-8)9(11)6-12;9-4-7-5-1-2-6(3-5)8-7;3-1-2-4;2-1-4-3;;;/h7-9,12H,1-6H2;5-9H,1-4H2;1-2H2;1,3H;;;/q;;;;2*+1;-1/p-1/t7-,8+,9+;5-,6+,7+;;;;;/m11...../s1. The molecule has 4 bridgehead atoms. The largest absolute Gasteiger partial charge is 1.00 e. The monoisotopic (exact) mass is 614 g/mol. The molecule has 0 radical (unpaired) electrons. The molecule has 4 fully saturated rings. The van der Waals surface area contributed by atoms with Crippen LogP contribution in [0, 0.1) is 11.8 Å². The van der Waals surface area contributed by atoms with Gasteiger partial charge in [-0.15, -0.1) is 0 Å². The van der Waals surface area contributed by atoms with Gasteiger partial charge in [0.25, 0.3) is 6.47 Å². The maximum atomic E-state index is 12.2. The number of piperidine rings is 2. The second-order valence-corrected chi connectivity index (χ2v) is 8.78. The Kier molecular flexibility index (Phi) is 26.2. The molecule has 6 atom stereocenters. The summed E-state index contributed by atoms with van der Waals surface area (Å²) in [6.45, 7) is 0.412. The van der Waals surface area contributed by atoms with Crippen LogP contribution in [0.2, 0.25) is 0 Å². The Morgan fingerprint density at radius 1 is 1.10 bits per heavy atom. The minimum atomic E-state index is -0.278. The Labute approximate surface area is 284 Å². The van der Waals surface area contributed by atoms with E-state index in [1.165, 1.54) is 38.5 Å². The van der Waals surface area contributed by atoms with Crippen molar-refractivity contribution in [2.45, 2.75) is 62.7 Å². The molecular weight excluding hydrogens is 579 g/mol. The molecule has 2 saturated carbocycles. The quantitative estimate of drug-likeness (QED) is 0.0687. The maximum absolute atomic E-state index is 12.2. The van der Waals surface area contributed by atoms with E-state index < -0.39 is 0 Å². The summed E-state index contributed by atoms with van der Waals surface area (Å²) < 4.78 is 23.5. The number of rotatable bonds is 6. The molecule has 7 nitrogen and oxygen atoms in total. The van der Waals surface area contributed by atoms with Gasteiger partial charge in [-0.3, -0.25) is 14.1 Å². The third kappa shape index (κ3) is 12.8. The van der Waals surface area contributed by atoms with Crippen molar-refractivity contribution < 1.29 is 138 Å². The number of hydrogen-bond donors (Lipinski definition) is 3. The fourth-order valence-electron chi connectivity index (χ4n) is 5.06. The van der Waals surface area contributed by atoms with Crippen LogP contribution in [0.5, 0.6) is 0 Å². The molecule has 4 rings (SSSR count). The smallest absolute Gasteiger partial charge is 1.00 e. The van der Waals surface area contributed by atoms with E-state index in [-0.39, 0.29) is 137 Å². The average Bonchev–Trinajstić information content (AvgIpc) is 3.56. The number of likely N-dealkylation sites (tertiary alicyclic amines) is 1. The minimum absolute atomic E-state index is 0. The number of fused-ring (bicyclic) bond motifs is 4. The predicted molar refractivity (Wildman–Crippen MR) is 113 cm³/mol. The SMILES string of the molecule is FCCI.O=CO[O-].OC[C@@H]1N[C@H]2CC[C@@H]1C2.OC[C@H]1[C@@H]2CC[C@@H](C2)N1CCF.[H-].[K+].[K+]. The van der Waals surface area contributed by atoms with Crippen LogP contribution >= 0.6 is 22.6 Å². The number of aliphatic hydroxyl groups is 2. The summed E-state index contributed by atoms with van der Waals surface area (Å²) in [4.78, 5) is 13.4. The van der Waals surface area contributed by atoms with Gasteiger partial charge >= 0.3 is 103 Å². The number of hydrogen-bond acceptors (Lipinski definition) is 7. The van der Waals surface area contributed by atoms with Crippen molar-refractivity contribution in [3.8, 4) is 0 Å². The number of carbonyl (C=O) groups is 1. The van der Waals surface area contributed by atoms with E-state index in [1.54, 1.807) is 0 Å². The van der Waals surface area contributed by atoms with Crippen molar-refractivity contribution in [2.24, 2.45) is 11.8 Å². The normalized spacial score (nSPS) is 31.5. The van der Waals surface area contributed by atoms with Crippen molar-refractivity contribution in [1.29, 1.82) is 0 Å². The van der Waals surface area contributed by atoms with E-state index in [2.05, 4.69) is 15.1 Å². The van der Waals surface area contributed by atoms with Crippen LogP contribution in [-0.2, 0) is 9.68 Å². The second-order valence-electron chi connectivity index (χ2n) is 7.70. The first kappa shape index (κ1) is 36.3. The topological polar surface area (TPSA) is 105 Å². The summed E-state index contributed by atoms with van der Waals surface area (Å²) in [5, 5.41) is 29.8. The van der Waals surface area contributed by atoms with Crippen molar-refractivity contribution in [2.75, 3.05) is 37.5 Å². The zero-order valence-corrected chi connectivity index (χ0v) is 27.1. The van der Waals surface area contributed by atoms with Crippen molar-refractivity contribution in [3.05, 3.63) is 0 Å². The third-order valence-electron chi connectivity index (χ3n) is 6.21. The Morgan fingerprint density at radius 2 is 1.71 bits per heavy atom. The Hall–Kier alpha value is 3.13. The van der Waals surface area contributed by atoms with E-state index in [9.17, 15) is 8.78 Å². The van der Waals surface area contributed by atoms with Gasteiger partial charge in [-0.25, -0.2) is 4.39 Å². The van der Waals surface area contributed by atoms with Crippen LogP contribution in [0.1, 0.15) is 40.0 Å². The van der Waals surface area contributed by atoms with Gasteiger partial charge in [0.2, 0.25) is 0 Å². The fourth-order valence-corrected chi connectivity index (χ4v) is 5.06. The number of halogens is 3. The van der Waals surface area contributed by atoms with E-state index >= 15 is 0 Å². The fraction of sp³-hybridized carbons (Fsp3) is 0.947. The van der Waals surface area contributed by atoms with Gasteiger partial charge in [-0.05, 0) is 50.4 Å². The summed E-state index contributed by atoms with van der Waals surface area (Å²) in [7, 11) is 0. The molecule has 12 heteroatoms. The first-order valence-electron chi connectivity index (χ1n) is 10.2. The van der Waals surface area contributed by atoms with Crippen molar-refractivity contribution in [1.82, 2.24) is 10.2 Å². The average molecular weight is 615 g/mol. The first-order chi connectivity index (χ1) is 14.1. The molecule has 0 aromatic carbocycles. The predicted octanol–water partition coefficient (Wildman–Crippen LogP) is -5.13. The molecule has 0 unspecified atom stereocenters. The zero-order chi connectivity index (χ0) is 21.6. The number of nitrogens with zero attached hydrogens (tertiary/aromatic N) is 1. The summed E-state index contributed by atoms with van der Waals surface area (Å²) in [5.41, 5.74) is 0. The molecule has 2 heterocycles. The number of alkyl halides is 3. The second kappa shape index (κ2) is 22.3. The minimum Gasteiger partial charge on any atom is -1.00 e. The molecule has 31 heavy (non-hydrogen) atoms. The molecule has 0 aromatic rings. The van der Waals surface area contributed by atoms with E-state index in [0.717, 1.165) is 12.0 Å². The van der Waals surface area contributed by atoms with E-state index in [0.29, 0.717) is 35.6 Å². The van der Waals surface area contributed by atoms with E-state index in [1.807, 2.05) is 22.6 Å². The molecule has 0 aromatic heterocycles. The zero-order valence-electron chi connectivity index (χ0n) is 19.7. The third-order valence-corrected chi connectivity index (χ3v) is 6.62. The Balaban J connectivity index is -0.000000377. The van der Waals surface area contributed by atoms with E-state index in [4.69, 9.17) is 20.3 Å². The number of carbonyl (C=O) groups excluding carboxylic acids is 1. The van der Waals surface area contributed by atoms with Gasteiger partial charge in [0, 0.05) is 35.1 Å². The Morgan fingerprint density at radius 3 is 2.06 bits per heavy atom. The van der Waals surface area contributed by atoms with Gasteiger partial charge in [-0.2, -0.15) is 0 Å². The van der Waals surface area contributed by atoms with Gasteiger partial charge in [-0.1, -0.05) is 22.6 Å². The molecule has 0 spiro atoms. The van der Waals surface area contributed by atoms with Crippen LogP contribution < -0.4 is 113 Å². The molecule has 4 aliphatic rings. The molecule has 3 N–H and O–H groups in total. The van der Waals surface area contributed by atoms with Crippen LogP contribution in [0.4, 0.5) is 8.78 Å². The Bertz CT molecular complexity index is 457. The molecule has 2 saturated heterocycles. The van der Waals surface area contributed by atoms with Crippen LogP contribution in [0.25, 0.3) is 0 Å². The van der Waals surface area contributed by atoms with Crippen molar-refractivity contribution in [3.63, 3.8) is 0 Å². The first-order valence-corrected chi connectivity index (χ1v) is 11.8. The van der Waals surface area contributed by atoms with Gasteiger partial charge in [0.1, 0.15) is 6.67 Å².